The van der Waals surface area contributed by atoms with Crippen LogP contribution >= 0.6 is 0 Å². The van der Waals surface area contributed by atoms with Crippen molar-refractivity contribution in [1.29, 1.82) is 0 Å². The van der Waals surface area contributed by atoms with Crippen LogP contribution in [-0.4, -0.2) is 0 Å². The Kier molecular flexibility index (Phi) is 4.51. The molecule has 0 saturated heterocycles. The maximum Gasteiger partial charge on any atom is 0.416 e. The summed E-state index contributed by atoms with van der Waals surface area (Å²) in [5.41, 5.74) is 4.88. The maximum absolute atomic E-state index is 13.5. The fraction of sp³-hybridized carbons (Fsp3) is 0.500. The van der Waals surface area contributed by atoms with Gasteiger partial charge in [0.25, 0.3) is 0 Å². The van der Waals surface area contributed by atoms with E-state index >= 15 is 0 Å². The number of unbranched alkanes of at least 4 members (excludes halogenated alkanes) is 1. The molecular formula is C12H15F4N. The van der Waals surface area contributed by atoms with E-state index in [9.17, 15) is 17.6 Å². The van der Waals surface area contributed by atoms with E-state index in [-0.39, 0.29) is 5.56 Å². The summed E-state index contributed by atoms with van der Waals surface area (Å²) in [5.74, 6) is -0.886. The molecule has 1 nitrogen and oxygen atoms in total. The number of alkyl halides is 3. The van der Waals surface area contributed by atoms with E-state index in [4.69, 9.17) is 5.73 Å². The van der Waals surface area contributed by atoms with Gasteiger partial charge in [0.2, 0.25) is 0 Å². The number of rotatable bonds is 4. The highest BCUT2D eigenvalue weighted by molar-refractivity contribution is 5.28. The summed E-state index contributed by atoms with van der Waals surface area (Å²) in [6.07, 6.45) is -2.22. The normalized spacial score (nSPS) is 13.8. The maximum atomic E-state index is 13.5. The smallest absolute Gasteiger partial charge is 0.324 e. The molecule has 0 radical (unpaired) electrons. The van der Waals surface area contributed by atoms with E-state index in [1.807, 2.05) is 6.92 Å². The van der Waals surface area contributed by atoms with Gasteiger partial charge in [0.1, 0.15) is 5.82 Å². The summed E-state index contributed by atoms with van der Waals surface area (Å²) >= 11 is 0. The summed E-state index contributed by atoms with van der Waals surface area (Å²) in [6, 6.07) is 1.95. The van der Waals surface area contributed by atoms with Gasteiger partial charge in [-0.05, 0) is 18.6 Å². The van der Waals surface area contributed by atoms with Gasteiger partial charge in [-0.1, -0.05) is 25.8 Å². The Balaban J connectivity index is 2.90. The van der Waals surface area contributed by atoms with Gasteiger partial charge < -0.3 is 5.73 Å². The molecule has 1 rings (SSSR count). The third-order valence-corrected chi connectivity index (χ3v) is 2.60. The van der Waals surface area contributed by atoms with Crippen LogP contribution in [0.15, 0.2) is 18.2 Å². The Labute approximate surface area is 97.6 Å². The Morgan fingerprint density at radius 2 is 1.94 bits per heavy atom. The topological polar surface area (TPSA) is 26.0 Å². The molecule has 1 aromatic rings. The monoisotopic (exact) mass is 249 g/mol. The molecule has 1 atom stereocenters. The molecule has 0 fully saturated rings. The number of nitrogens with two attached hydrogens (primary N) is 1. The van der Waals surface area contributed by atoms with Gasteiger partial charge in [-0.3, -0.25) is 0 Å². The fourth-order valence-electron chi connectivity index (χ4n) is 1.58. The van der Waals surface area contributed by atoms with Gasteiger partial charge in [0.15, 0.2) is 0 Å². The second-order valence-electron chi connectivity index (χ2n) is 3.98. The van der Waals surface area contributed by atoms with Crippen molar-refractivity contribution < 1.29 is 17.6 Å². The minimum Gasteiger partial charge on any atom is -0.324 e. The molecule has 0 amide bonds. The summed E-state index contributed by atoms with van der Waals surface area (Å²) in [6.45, 7) is 1.97. The Bertz CT molecular complexity index is 373. The third-order valence-electron chi connectivity index (χ3n) is 2.60. The van der Waals surface area contributed by atoms with E-state index in [1.165, 1.54) is 0 Å². The van der Waals surface area contributed by atoms with E-state index in [2.05, 4.69) is 0 Å². The van der Waals surface area contributed by atoms with Crippen molar-refractivity contribution in [3.8, 4) is 0 Å². The summed E-state index contributed by atoms with van der Waals surface area (Å²) in [7, 11) is 0. The average Bonchev–Trinajstić information content (AvgIpc) is 2.24. The summed E-state index contributed by atoms with van der Waals surface area (Å²) in [5, 5.41) is 0. The first-order chi connectivity index (χ1) is 7.86. The standard InChI is InChI=1S/C12H15F4N/c1-2-3-4-11(17)9-6-5-8(7-10(9)13)12(14,15)16/h5-7,11H,2-4,17H2,1H3/t11-/m0/s1. The lowest BCUT2D eigenvalue weighted by Gasteiger charge is -2.14. The molecule has 96 valence electrons. The molecule has 0 aliphatic carbocycles. The van der Waals surface area contributed by atoms with Crippen LogP contribution in [0.2, 0.25) is 0 Å². The van der Waals surface area contributed by atoms with Gasteiger partial charge in [-0.2, -0.15) is 13.2 Å². The molecule has 0 bridgehead atoms. The second kappa shape index (κ2) is 5.49. The van der Waals surface area contributed by atoms with Gasteiger partial charge in [0.05, 0.1) is 5.56 Å². The lowest BCUT2D eigenvalue weighted by Crippen LogP contribution is -2.13. The number of hydrogen-bond acceptors (Lipinski definition) is 1. The SMILES string of the molecule is CCCC[C@H](N)c1ccc(C(F)(F)F)cc1F. The fourth-order valence-corrected chi connectivity index (χ4v) is 1.58. The Hall–Kier alpha value is -1.10. The molecule has 0 heterocycles. The van der Waals surface area contributed by atoms with E-state index in [0.717, 1.165) is 25.0 Å². The van der Waals surface area contributed by atoms with Crippen LogP contribution in [0, 0.1) is 5.82 Å². The molecule has 0 aromatic heterocycles. The largest absolute Gasteiger partial charge is 0.416 e. The van der Waals surface area contributed by atoms with Crippen molar-refractivity contribution in [2.75, 3.05) is 0 Å². The molecular weight excluding hydrogens is 234 g/mol. The minimum atomic E-state index is -4.52. The van der Waals surface area contributed by atoms with Crippen LogP contribution in [0.4, 0.5) is 17.6 Å². The van der Waals surface area contributed by atoms with Gasteiger partial charge >= 0.3 is 6.18 Å². The average molecular weight is 249 g/mol. The zero-order chi connectivity index (χ0) is 13.1. The van der Waals surface area contributed by atoms with Crippen LogP contribution in [0.3, 0.4) is 0 Å². The predicted octanol–water partition coefficient (Wildman–Crippen LogP) is 4.03. The van der Waals surface area contributed by atoms with E-state index in [0.29, 0.717) is 12.5 Å². The van der Waals surface area contributed by atoms with Gasteiger partial charge in [-0.15, -0.1) is 0 Å². The molecule has 0 saturated carbocycles. The van der Waals surface area contributed by atoms with Crippen LogP contribution in [-0.2, 0) is 6.18 Å². The van der Waals surface area contributed by atoms with Crippen molar-refractivity contribution in [2.24, 2.45) is 5.73 Å². The second-order valence-corrected chi connectivity index (χ2v) is 3.98. The molecule has 17 heavy (non-hydrogen) atoms. The van der Waals surface area contributed by atoms with Gasteiger partial charge in [0, 0.05) is 11.6 Å². The Morgan fingerprint density at radius 1 is 1.29 bits per heavy atom. The lowest BCUT2D eigenvalue weighted by atomic mass is 10.00. The first-order valence-electron chi connectivity index (χ1n) is 5.48. The van der Waals surface area contributed by atoms with Crippen molar-refractivity contribution >= 4 is 0 Å². The van der Waals surface area contributed by atoms with Gasteiger partial charge in [-0.25, -0.2) is 4.39 Å². The van der Waals surface area contributed by atoms with Crippen molar-refractivity contribution in [1.82, 2.24) is 0 Å². The zero-order valence-electron chi connectivity index (χ0n) is 9.52. The number of hydrogen-bond donors (Lipinski definition) is 1. The lowest BCUT2D eigenvalue weighted by molar-refractivity contribution is -0.137. The number of halogens is 4. The quantitative estimate of drug-likeness (QED) is 0.801. The van der Waals surface area contributed by atoms with Crippen molar-refractivity contribution in [2.45, 2.75) is 38.4 Å². The highest BCUT2D eigenvalue weighted by Crippen LogP contribution is 2.31. The predicted molar refractivity (Wildman–Crippen MR) is 57.9 cm³/mol. The highest BCUT2D eigenvalue weighted by Gasteiger charge is 2.31. The van der Waals surface area contributed by atoms with Crippen LogP contribution in [0.1, 0.15) is 43.4 Å². The Morgan fingerprint density at radius 3 is 2.41 bits per heavy atom. The third kappa shape index (κ3) is 3.70. The minimum absolute atomic E-state index is 0.145. The van der Waals surface area contributed by atoms with E-state index in [1.54, 1.807) is 0 Å². The zero-order valence-corrected chi connectivity index (χ0v) is 9.52. The molecule has 5 heteroatoms. The van der Waals surface area contributed by atoms with Crippen molar-refractivity contribution in [3.63, 3.8) is 0 Å². The first-order valence-corrected chi connectivity index (χ1v) is 5.48. The van der Waals surface area contributed by atoms with Crippen LogP contribution < -0.4 is 5.73 Å². The number of benzene rings is 1. The summed E-state index contributed by atoms with van der Waals surface area (Å²) < 4.78 is 50.4. The first kappa shape index (κ1) is 14.0. The molecule has 0 unspecified atom stereocenters. The molecule has 0 spiro atoms. The van der Waals surface area contributed by atoms with Crippen LogP contribution in [0.25, 0.3) is 0 Å². The molecule has 0 aliphatic heterocycles. The summed E-state index contributed by atoms with van der Waals surface area (Å²) in [4.78, 5) is 0. The highest BCUT2D eigenvalue weighted by atomic mass is 19.4. The van der Waals surface area contributed by atoms with Crippen molar-refractivity contribution in [3.05, 3.63) is 35.1 Å². The van der Waals surface area contributed by atoms with Crippen LogP contribution in [0.5, 0.6) is 0 Å². The molecule has 0 aliphatic rings. The molecule has 1 aromatic carbocycles. The molecule has 2 N–H and O–H groups in total. The van der Waals surface area contributed by atoms with E-state index < -0.39 is 23.6 Å².